The molecule has 3 aliphatic rings. The second-order valence-electron chi connectivity index (χ2n) is 11.5. The lowest BCUT2D eigenvalue weighted by Crippen LogP contribution is -2.36. The lowest BCUT2D eigenvalue weighted by molar-refractivity contribution is -0.101. The van der Waals surface area contributed by atoms with E-state index in [1.807, 2.05) is 17.0 Å². The Morgan fingerprint density at radius 3 is 2.46 bits per heavy atom. The molecule has 1 amide bonds. The van der Waals surface area contributed by atoms with Gasteiger partial charge in [0.1, 0.15) is 5.83 Å². The summed E-state index contributed by atoms with van der Waals surface area (Å²) in [5, 5.41) is 0. The van der Waals surface area contributed by atoms with Crippen LogP contribution in [0.25, 0.3) is 11.1 Å². The van der Waals surface area contributed by atoms with Gasteiger partial charge in [-0.3, -0.25) is 4.79 Å². The van der Waals surface area contributed by atoms with E-state index in [-0.39, 0.29) is 30.5 Å². The third-order valence-corrected chi connectivity index (χ3v) is 8.66. The average molecular weight is 572 g/mol. The predicted molar refractivity (Wildman–Crippen MR) is 151 cm³/mol. The van der Waals surface area contributed by atoms with Crippen LogP contribution in [0.1, 0.15) is 74.6 Å². The Bertz CT molecular complexity index is 1280. The molecule has 0 radical (unpaired) electrons. The van der Waals surface area contributed by atoms with Crippen LogP contribution in [0.4, 0.5) is 23.4 Å². The van der Waals surface area contributed by atoms with Gasteiger partial charge in [-0.25, -0.2) is 9.37 Å². The van der Waals surface area contributed by atoms with Gasteiger partial charge >= 0.3 is 6.18 Å². The van der Waals surface area contributed by atoms with E-state index in [2.05, 4.69) is 4.98 Å². The highest BCUT2D eigenvalue weighted by atomic mass is 19.4. The van der Waals surface area contributed by atoms with E-state index < -0.39 is 23.5 Å². The number of allylic oxidation sites excluding steroid dienone is 3. The Morgan fingerprint density at radius 1 is 1.02 bits per heavy atom. The van der Waals surface area contributed by atoms with Crippen LogP contribution in [0.15, 0.2) is 60.1 Å². The highest BCUT2D eigenvalue weighted by molar-refractivity contribution is 5.95. The lowest BCUT2D eigenvalue weighted by Gasteiger charge is -2.28. The Labute approximate surface area is 238 Å². The number of benzene rings is 1. The number of pyridine rings is 1. The number of amides is 1. The molecular weight excluding hydrogens is 534 g/mol. The molecule has 1 saturated heterocycles. The molecule has 1 aliphatic heterocycles. The van der Waals surface area contributed by atoms with Crippen molar-refractivity contribution in [2.24, 2.45) is 11.8 Å². The Hall–Kier alpha value is -3.36. The number of nitrogens with zero attached hydrogens (tertiary/aromatic N) is 2. The second-order valence-corrected chi connectivity index (χ2v) is 11.5. The number of alkyl halides is 3. The fraction of sp³-hybridized carbons (Fsp3) is 0.500. The first-order valence-electron chi connectivity index (χ1n) is 14.6. The summed E-state index contributed by atoms with van der Waals surface area (Å²) in [6.45, 7) is 0.463. The van der Waals surface area contributed by atoms with Crippen molar-refractivity contribution in [3.63, 3.8) is 0 Å². The molecule has 220 valence electrons. The molecule has 1 aromatic heterocycles. The molecule has 2 heterocycles. The zero-order chi connectivity index (χ0) is 29.0. The molecule has 1 unspecified atom stereocenters. The fourth-order valence-electron chi connectivity index (χ4n) is 6.40. The van der Waals surface area contributed by atoms with Gasteiger partial charge in [0.2, 0.25) is 0 Å². The molecule has 9 heteroatoms. The van der Waals surface area contributed by atoms with E-state index in [1.54, 1.807) is 24.4 Å². The smallest absolute Gasteiger partial charge is 0.413 e. The Kier molecular flexibility index (Phi) is 9.00. The van der Waals surface area contributed by atoms with Crippen LogP contribution in [0.2, 0.25) is 0 Å². The van der Waals surface area contributed by atoms with E-state index >= 15 is 0 Å². The monoisotopic (exact) mass is 571 g/mol. The molecule has 1 aromatic carbocycles. The standard InChI is InChI=1S/C32H37F4N3O2/c33-26-14-13-24(28(18-26)32(34,35)36)20-41-29-17-25(19-38-30(29)37)22-9-11-23(12-10-22)31(40)39-15-5-8-27(39)16-21-6-3-1-2-4-7-21/h9-12,14,17-19,21,24,27H,1-8,13,15-16,20H2,(H2,37,38)/t24?,27-/m1/s1. The summed E-state index contributed by atoms with van der Waals surface area (Å²) in [6.07, 6.45) is 9.37. The summed E-state index contributed by atoms with van der Waals surface area (Å²) in [7, 11) is 0. The zero-order valence-corrected chi connectivity index (χ0v) is 23.1. The quantitative estimate of drug-likeness (QED) is 0.270. The maximum Gasteiger partial charge on any atom is 0.413 e. The number of hydrogen-bond acceptors (Lipinski definition) is 4. The van der Waals surface area contributed by atoms with Crippen LogP contribution in [0.3, 0.4) is 0 Å². The van der Waals surface area contributed by atoms with Gasteiger partial charge in [0.05, 0.1) is 6.61 Å². The second kappa shape index (κ2) is 12.7. The first kappa shape index (κ1) is 29.1. The largest absolute Gasteiger partial charge is 0.489 e. The summed E-state index contributed by atoms with van der Waals surface area (Å²) in [6, 6.07) is 9.20. The highest BCUT2D eigenvalue weighted by Gasteiger charge is 2.40. The molecular formula is C32H37F4N3O2. The maximum absolute atomic E-state index is 13.5. The van der Waals surface area contributed by atoms with E-state index in [0.717, 1.165) is 37.4 Å². The molecule has 0 spiro atoms. The molecule has 2 atom stereocenters. The van der Waals surface area contributed by atoms with Gasteiger partial charge in [-0.1, -0.05) is 50.7 Å². The van der Waals surface area contributed by atoms with Gasteiger partial charge in [0.15, 0.2) is 11.6 Å². The summed E-state index contributed by atoms with van der Waals surface area (Å²) in [5.41, 5.74) is 7.05. The van der Waals surface area contributed by atoms with Gasteiger partial charge in [0.25, 0.3) is 5.91 Å². The zero-order valence-electron chi connectivity index (χ0n) is 23.1. The first-order chi connectivity index (χ1) is 19.7. The van der Waals surface area contributed by atoms with Gasteiger partial charge in [-0.05, 0) is 67.5 Å². The van der Waals surface area contributed by atoms with Crippen molar-refractivity contribution >= 4 is 11.7 Å². The van der Waals surface area contributed by atoms with Gasteiger partial charge in [-0.15, -0.1) is 0 Å². The van der Waals surface area contributed by atoms with Crippen molar-refractivity contribution in [1.82, 2.24) is 9.88 Å². The summed E-state index contributed by atoms with van der Waals surface area (Å²) >= 11 is 0. The third-order valence-electron chi connectivity index (χ3n) is 8.66. The number of aromatic nitrogens is 1. The number of rotatable bonds is 7. The lowest BCUT2D eigenvalue weighted by atomic mass is 9.91. The summed E-state index contributed by atoms with van der Waals surface area (Å²) in [5.74, 6) is -1.00. The number of nitrogen functional groups attached to an aromatic ring is 1. The third kappa shape index (κ3) is 7.11. The number of carbonyl (C=O) groups excluding carboxylic acids is 1. The fourth-order valence-corrected chi connectivity index (χ4v) is 6.40. The van der Waals surface area contributed by atoms with Crippen LogP contribution >= 0.6 is 0 Å². The highest BCUT2D eigenvalue weighted by Crippen LogP contribution is 2.38. The molecule has 41 heavy (non-hydrogen) atoms. The average Bonchev–Trinajstić information content (AvgIpc) is 3.26. The Balaban J connectivity index is 1.24. The van der Waals surface area contributed by atoms with Crippen LogP contribution in [0.5, 0.6) is 5.75 Å². The minimum atomic E-state index is -4.66. The SMILES string of the molecule is Nc1ncc(-c2ccc(C(=O)N3CCC[C@@H]3CC3CCCCCC3)cc2)cc1OCC1CC=C(F)C=C1C(F)(F)F. The minimum absolute atomic E-state index is 0.0457. The molecule has 1 saturated carbocycles. The molecule has 2 N–H and O–H groups in total. The van der Waals surface area contributed by atoms with Crippen molar-refractivity contribution in [3.8, 4) is 16.9 Å². The molecule has 2 aromatic rings. The van der Waals surface area contributed by atoms with Gasteiger partial charge in [-0.2, -0.15) is 13.2 Å². The van der Waals surface area contributed by atoms with E-state index in [0.29, 0.717) is 29.2 Å². The summed E-state index contributed by atoms with van der Waals surface area (Å²) < 4.78 is 59.4. The van der Waals surface area contributed by atoms with Gasteiger partial charge in [0, 0.05) is 41.4 Å². The van der Waals surface area contributed by atoms with Crippen molar-refractivity contribution < 1.29 is 27.1 Å². The van der Waals surface area contributed by atoms with Crippen molar-refractivity contribution in [2.45, 2.75) is 76.4 Å². The number of likely N-dealkylation sites (tertiary alicyclic amines) is 1. The first-order valence-corrected chi connectivity index (χ1v) is 14.6. The van der Waals surface area contributed by atoms with Crippen LogP contribution in [-0.4, -0.2) is 41.2 Å². The number of anilines is 1. The van der Waals surface area contributed by atoms with E-state index in [4.69, 9.17) is 10.5 Å². The number of halogens is 4. The Morgan fingerprint density at radius 2 is 1.76 bits per heavy atom. The molecule has 5 nitrogen and oxygen atoms in total. The van der Waals surface area contributed by atoms with Crippen LogP contribution < -0.4 is 10.5 Å². The number of carbonyl (C=O) groups is 1. The van der Waals surface area contributed by atoms with Crippen molar-refractivity contribution in [3.05, 3.63) is 65.6 Å². The topological polar surface area (TPSA) is 68.5 Å². The molecule has 2 fully saturated rings. The van der Waals surface area contributed by atoms with Crippen molar-refractivity contribution in [1.29, 1.82) is 0 Å². The number of ether oxygens (including phenoxy) is 1. The minimum Gasteiger partial charge on any atom is -0.489 e. The predicted octanol–water partition coefficient (Wildman–Crippen LogP) is 8.04. The molecule has 5 rings (SSSR count). The summed E-state index contributed by atoms with van der Waals surface area (Å²) in [4.78, 5) is 19.6. The van der Waals surface area contributed by atoms with E-state index in [1.165, 1.54) is 38.5 Å². The van der Waals surface area contributed by atoms with Crippen LogP contribution in [0, 0.1) is 11.8 Å². The number of hydrogen-bond donors (Lipinski definition) is 1. The molecule has 2 aliphatic carbocycles. The van der Waals surface area contributed by atoms with Gasteiger partial charge < -0.3 is 15.4 Å². The normalized spacial score (nSPS) is 22.2. The molecule has 0 bridgehead atoms. The number of nitrogens with two attached hydrogens (primary N) is 1. The van der Waals surface area contributed by atoms with Crippen molar-refractivity contribution in [2.75, 3.05) is 18.9 Å². The van der Waals surface area contributed by atoms with E-state index in [9.17, 15) is 22.4 Å². The van der Waals surface area contributed by atoms with Crippen LogP contribution in [-0.2, 0) is 0 Å². The maximum atomic E-state index is 13.5.